The summed E-state index contributed by atoms with van der Waals surface area (Å²) in [4.78, 5) is 26.8. The number of rotatable bonds is 5. The molecule has 0 saturated carbocycles. The largest absolute Gasteiger partial charge is 0.378 e. The third-order valence-corrected chi connectivity index (χ3v) is 6.33. The molecule has 0 bridgehead atoms. The fraction of sp³-hybridized carbons (Fsp3) is 0.588. The normalized spacial score (nSPS) is 15.8. The van der Waals surface area contributed by atoms with E-state index in [4.69, 9.17) is 4.74 Å². The van der Waals surface area contributed by atoms with E-state index in [0.717, 1.165) is 52.7 Å². The Morgan fingerprint density at radius 3 is 2.77 bits per heavy atom. The number of hydrogen-bond donors (Lipinski definition) is 1. The molecule has 1 saturated heterocycles. The van der Waals surface area contributed by atoms with Crippen LogP contribution in [0.1, 0.15) is 34.2 Å². The summed E-state index contributed by atoms with van der Waals surface area (Å²) < 4.78 is 5.37. The summed E-state index contributed by atoms with van der Waals surface area (Å²) in [5.41, 5.74) is 1.85. The molecule has 9 heteroatoms. The standard InChI is InChI=1S/C17H25N5O2S2/c1-11(15-12(2)26-13(3)19-15)21(4)16(23)18-9-14-10-25-17(20-14)22-5-7-24-8-6-22/h10-11H,5-9H2,1-4H3,(H,18,23)/t11-/m1/s1. The molecule has 0 spiro atoms. The van der Waals surface area contributed by atoms with E-state index in [2.05, 4.69) is 20.2 Å². The Morgan fingerprint density at radius 2 is 2.12 bits per heavy atom. The van der Waals surface area contributed by atoms with Crippen LogP contribution in [-0.2, 0) is 11.3 Å². The third-order valence-electron chi connectivity index (χ3n) is 4.48. The molecule has 2 aromatic heterocycles. The molecule has 0 unspecified atom stereocenters. The predicted molar refractivity (Wildman–Crippen MR) is 105 cm³/mol. The zero-order chi connectivity index (χ0) is 18.7. The second kappa shape index (κ2) is 8.32. The van der Waals surface area contributed by atoms with Gasteiger partial charge >= 0.3 is 6.03 Å². The van der Waals surface area contributed by atoms with Gasteiger partial charge in [0.25, 0.3) is 0 Å². The lowest BCUT2D eigenvalue weighted by molar-refractivity contribution is 0.122. The molecule has 3 heterocycles. The number of aryl methyl sites for hydroxylation is 2. The van der Waals surface area contributed by atoms with Crippen molar-refractivity contribution in [2.45, 2.75) is 33.4 Å². The lowest BCUT2D eigenvalue weighted by Gasteiger charge is -2.26. The van der Waals surface area contributed by atoms with E-state index in [1.54, 1.807) is 34.6 Å². The molecule has 0 aliphatic carbocycles. The Morgan fingerprint density at radius 1 is 1.38 bits per heavy atom. The van der Waals surface area contributed by atoms with Crippen molar-refractivity contribution in [3.8, 4) is 0 Å². The van der Waals surface area contributed by atoms with Crippen molar-refractivity contribution in [3.63, 3.8) is 0 Å². The number of morpholine rings is 1. The second-order valence-electron chi connectivity index (χ2n) is 6.34. The lowest BCUT2D eigenvalue weighted by Crippen LogP contribution is -2.38. The maximum atomic E-state index is 12.5. The summed E-state index contributed by atoms with van der Waals surface area (Å²) in [6, 6.07) is -0.192. The van der Waals surface area contributed by atoms with Gasteiger partial charge in [-0.2, -0.15) is 0 Å². The molecular formula is C17H25N5O2S2. The van der Waals surface area contributed by atoms with Gasteiger partial charge in [-0.3, -0.25) is 0 Å². The number of thiazole rings is 2. The first-order valence-electron chi connectivity index (χ1n) is 8.67. The number of anilines is 1. The summed E-state index contributed by atoms with van der Waals surface area (Å²) in [5, 5.41) is 6.98. The van der Waals surface area contributed by atoms with E-state index in [0.29, 0.717) is 6.54 Å². The van der Waals surface area contributed by atoms with Crippen LogP contribution in [0.25, 0.3) is 0 Å². The summed E-state index contributed by atoms with van der Waals surface area (Å²) in [6.07, 6.45) is 0. The molecule has 2 aromatic rings. The SMILES string of the molecule is Cc1nc([C@@H](C)N(C)C(=O)NCc2csc(N3CCOCC3)n2)c(C)s1. The first-order chi connectivity index (χ1) is 12.5. The molecule has 26 heavy (non-hydrogen) atoms. The van der Waals surface area contributed by atoms with Crippen LogP contribution in [0.4, 0.5) is 9.93 Å². The smallest absolute Gasteiger partial charge is 0.318 e. The van der Waals surface area contributed by atoms with Gasteiger partial charge in [0.2, 0.25) is 0 Å². The topological polar surface area (TPSA) is 70.6 Å². The fourth-order valence-corrected chi connectivity index (χ4v) is 4.65. The molecule has 1 atom stereocenters. The van der Waals surface area contributed by atoms with Crippen molar-refractivity contribution in [1.29, 1.82) is 0 Å². The monoisotopic (exact) mass is 395 g/mol. The van der Waals surface area contributed by atoms with E-state index >= 15 is 0 Å². The number of amides is 2. The first-order valence-corrected chi connectivity index (χ1v) is 10.4. The van der Waals surface area contributed by atoms with Crippen LogP contribution in [0.3, 0.4) is 0 Å². The molecule has 1 fully saturated rings. The van der Waals surface area contributed by atoms with Crippen molar-refractivity contribution in [2.75, 3.05) is 38.3 Å². The van der Waals surface area contributed by atoms with E-state index in [1.807, 2.05) is 26.2 Å². The Labute approximate surface area is 162 Å². The maximum Gasteiger partial charge on any atom is 0.318 e. The highest BCUT2D eigenvalue weighted by molar-refractivity contribution is 7.13. The molecule has 3 rings (SSSR count). The average molecular weight is 396 g/mol. The Kier molecular flexibility index (Phi) is 6.10. The number of aromatic nitrogens is 2. The number of carbonyl (C=O) groups is 1. The average Bonchev–Trinajstić information content (AvgIpc) is 3.25. The first kappa shape index (κ1) is 19.1. The highest BCUT2D eigenvalue weighted by Gasteiger charge is 2.22. The molecule has 1 aliphatic rings. The summed E-state index contributed by atoms with van der Waals surface area (Å²) in [6.45, 7) is 9.67. The third kappa shape index (κ3) is 4.33. The fourth-order valence-electron chi connectivity index (χ4n) is 2.86. The van der Waals surface area contributed by atoms with Gasteiger partial charge in [-0.1, -0.05) is 0 Å². The molecule has 1 aliphatic heterocycles. The zero-order valence-electron chi connectivity index (χ0n) is 15.6. The summed E-state index contributed by atoms with van der Waals surface area (Å²) in [5.74, 6) is 0. The van der Waals surface area contributed by atoms with Crippen LogP contribution in [0, 0.1) is 13.8 Å². The van der Waals surface area contributed by atoms with Crippen LogP contribution in [0.2, 0.25) is 0 Å². The van der Waals surface area contributed by atoms with Gasteiger partial charge in [-0.15, -0.1) is 22.7 Å². The van der Waals surface area contributed by atoms with E-state index in [1.165, 1.54) is 0 Å². The molecule has 7 nitrogen and oxygen atoms in total. The van der Waals surface area contributed by atoms with Crippen LogP contribution < -0.4 is 10.2 Å². The number of nitrogens with one attached hydrogen (secondary N) is 1. The number of carbonyl (C=O) groups excluding carboxylic acids is 1. The minimum Gasteiger partial charge on any atom is -0.378 e. The minimum absolute atomic E-state index is 0.0701. The molecule has 142 valence electrons. The molecule has 2 amide bonds. The van der Waals surface area contributed by atoms with Crippen LogP contribution in [0.5, 0.6) is 0 Å². The Bertz CT molecular complexity index is 754. The predicted octanol–water partition coefficient (Wildman–Crippen LogP) is 2.96. The maximum absolute atomic E-state index is 12.5. The quantitative estimate of drug-likeness (QED) is 0.843. The highest BCUT2D eigenvalue weighted by Crippen LogP contribution is 2.26. The van der Waals surface area contributed by atoms with Crippen molar-refractivity contribution in [1.82, 2.24) is 20.2 Å². The van der Waals surface area contributed by atoms with Gasteiger partial charge in [0.1, 0.15) is 0 Å². The highest BCUT2D eigenvalue weighted by atomic mass is 32.1. The van der Waals surface area contributed by atoms with Gasteiger partial charge < -0.3 is 19.9 Å². The van der Waals surface area contributed by atoms with Gasteiger partial charge in [0, 0.05) is 30.4 Å². The van der Waals surface area contributed by atoms with Gasteiger partial charge in [-0.05, 0) is 20.8 Å². The van der Waals surface area contributed by atoms with E-state index in [-0.39, 0.29) is 12.1 Å². The Balaban J connectivity index is 1.55. The zero-order valence-corrected chi connectivity index (χ0v) is 17.2. The van der Waals surface area contributed by atoms with E-state index in [9.17, 15) is 4.79 Å². The number of ether oxygens (including phenoxy) is 1. The van der Waals surface area contributed by atoms with Crippen LogP contribution >= 0.6 is 22.7 Å². The van der Waals surface area contributed by atoms with Crippen molar-refractivity contribution in [3.05, 3.63) is 26.7 Å². The van der Waals surface area contributed by atoms with Gasteiger partial charge in [0.05, 0.1) is 42.2 Å². The van der Waals surface area contributed by atoms with Crippen LogP contribution in [0.15, 0.2) is 5.38 Å². The van der Waals surface area contributed by atoms with E-state index < -0.39 is 0 Å². The van der Waals surface area contributed by atoms with Gasteiger partial charge in [-0.25, -0.2) is 14.8 Å². The van der Waals surface area contributed by atoms with Crippen molar-refractivity contribution >= 4 is 33.8 Å². The van der Waals surface area contributed by atoms with Gasteiger partial charge in [0.15, 0.2) is 5.13 Å². The van der Waals surface area contributed by atoms with Crippen molar-refractivity contribution < 1.29 is 9.53 Å². The Hall–Kier alpha value is -1.71. The second-order valence-corrected chi connectivity index (χ2v) is 8.58. The van der Waals surface area contributed by atoms with Crippen LogP contribution in [-0.4, -0.2) is 54.2 Å². The molecule has 1 N–H and O–H groups in total. The van der Waals surface area contributed by atoms with Crippen molar-refractivity contribution in [2.24, 2.45) is 0 Å². The minimum atomic E-state index is -0.122. The molecule has 0 radical (unpaired) electrons. The number of urea groups is 1. The summed E-state index contributed by atoms with van der Waals surface area (Å²) >= 11 is 3.27. The summed E-state index contributed by atoms with van der Waals surface area (Å²) in [7, 11) is 1.80. The lowest BCUT2D eigenvalue weighted by atomic mass is 10.2. The molecular weight excluding hydrogens is 370 g/mol. The molecule has 0 aromatic carbocycles. The number of hydrogen-bond acceptors (Lipinski definition) is 7. The number of nitrogens with zero attached hydrogens (tertiary/aromatic N) is 4.